The van der Waals surface area contributed by atoms with Crippen molar-refractivity contribution < 1.29 is 4.42 Å². The number of rotatable bonds is 5. The van der Waals surface area contributed by atoms with Crippen molar-refractivity contribution in [2.24, 2.45) is 0 Å². The summed E-state index contributed by atoms with van der Waals surface area (Å²) in [7, 11) is 0. The van der Waals surface area contributed by atoms with E-state index in [1.807, 2.05) is 6.20 Å². The Morgan fingerprint density at radius 1 is 1.16 bits per heavy atom. The van der Waals surface area contributed by atoms with Crippen molar-refractivity contribution in [3.8, 4) is 0 Å². The van der Waals surface area contributed by atoms with Crippen LogP contribution in [0.4, 0.5) is 0 Å². The van der Waals surface area contributed by atoms with Crippen LogP contribution in [0.3, 0.4) is 0 Å². The predicted octanol–water partition coefficient (Wildman–Crippen LogP) is 3.20. The second kappa shape index (κ2) is 4.49. The van der Waals surface area contributed by atoms with Crippen LogP contribution >= 0.6 is 0 Å². The Labute approximate surface area is 113 Å². The number of oxazole rings is 1. The summed E-state index contributed by atoms with van der Waals surface area (Å²) in [5.74, 6) is 3.05. The molecule has 0 saturated heterocycles. The second-order valence-corrected chi connectivity index (χ2v) is 5.67. The van der Waals surface area contributed by atoms with E-state index in [2.05, 4.69) is 40.6 Å². The maximum atomic E-state index is 5.86. The highest BCUT2D eigenvalue weighted by molar-refractivity contribution is 5.31. The quantitative estimate of drug-likeness (QED) is 0.890. The van der Waals surface area contributed by atoms with E-state index < -0.39 is 0 Å². The molecule has 2 saturated carbocycles. The highest BCUT2D eigenvalue weighted by Gasteiger charge is 2.42. The molecule has 1 aromatic heterocycles. The van der Waals surface area contributed by atoms with E-state index in [4.69, 9.17) is 4.42 Å². The van der Waals surface area contributed by atoms with Crippen molar-refractivity contribution in [1.29, 1.82) is 0 Å². The monoisotopic (exact) mass is 254 g/mol. The smallest absolute Gasteiger partial charge is 0.208 e. The van der Waals surface area contributed by atoms with Gasteiger partial charge in [0.05, 0.1) is 12.7 Å². The van der Waals surface area contributed by atoms with Gasteiger partial charge in [0, 0.05) is 12.0 Å². The normalized spacial score (nSPS) is 25.5. The van der Waals surface area contributed by atoms with Crippen molar-refractivity contribution in [1.82, 2.24) is 10.3 Å². The average Bonchev–Trinajstić information content (AvgIpc) is 3.37. The fraction of sp³-hybridized carbons (Fsp3) is 0.438. The molecule has 4 rings (SSSR count). The first-order chi connectivity index (χ1) is 9.40. The van der Waals surface area contributed by atoms with Crippen molar-refractivity contribution in [3.05, 3.63) is 53.7 Å². The Balaban J connectivity index is 1.40. The van der Waals surface area contributed by atoms with E-state index in [1.165, 1.54) is 24.8 Å². The number of aromatic nitrogens is 1. The van der Waals surface area contributed by atoms with Crippen LogP contribution in [0, 0.1) is 0 Å². The van der Waals surface area contributed by atoms with Gasteiger partial charge in [-0.05, 0) is 30.7 Å². The molecule has 3 nitrogen and oxygen atoms in total. The SMILES string of the molecule is c1ccc(C2CC2c2cnc(CNC3CC3)o2)cc1. The van der Waals surface area contributed by atoms with Gasteiger partial charge in [-0.1, -0.05) is 30.3 Å². The van der Waals surface area contributed by atoms with Gasteiger partial charge < -0.3 is 9.73 Å². The lowest BCUT2D eigenvalue weighted by Gasteiger charge is -1.98. The summed E-state index contributed by atoms with van der Waals surface area (Å²) in [5, 5.41) is 3.43. The van der Waals surface area contributed by atoms with Crippen LogP contribution in [0.15, 0.2) is 40.9 Å². The van der Waals surface area contributed by atoms with Crippen LogP contribution in [0.1, 0.15) is 48.3 Å². The molecule has 2 aromatic rings. The van der Waals surface area contributed by atoms with Crippen LogP contribution in [0.25, 0.3) is 0 Å². The Morgan fingerprint density at radius 3 is 2.79 bits per heavy atom. The van der Waals surface area contributed by atoms with Gasteiger partial charge in [-0.3, -0.25) is 0 Å². The molecule has 0 spiro atoms. The van der Waals surface area contributed by atoms with E-state index in [0.29, 0.717) is 17.9 Å². The van der Waals surface area contributed by atoms with Crippen molar-refractivity contribution >= 4 is 0 Å². The summed E-state index contributed by atoms with van der Waals surface area (Å²) in [6.07, 6.45) is 5.70. The van der Waals surface area contributed by atoms with E-state index in [-0.39, 0.29) is 0 Å². The largest absolute Gasteiger partial charge is 0.444 e. The summed E-state index contributed by atoms with van der Waals surface area (Å²) in [5.41, 5.74) is 1.42. The third kappa shape index (κ3) is 2.43. The number of nitrogens with zero attached hydrogens (tertiary/aromatic N) is 1. The summed E-state index contributed by atoms with van der Waals surface area (Å²) < 4.78 is 5.86. The van der Waals surface area contributed by atoms with Gasteiger partial charge in [0.2, 0.25) is 5.89 Å². The van der Waals surface area contributed by atoms with E-state index in [0.717, 1.165) is 18.2 Å². The molecule has 1 aromatic carbocycles. The molecule has 19 heavy (non-hydrogen) atoms. The van der Waals surface area contributed by atoms with Crippen LogP contribution in [-0.4, -0.2) is 11.0 Å². The van der Waals surface area contributed by atoms with Gasteiger partial charge in [-0.15, -0.1) is 0 Å². The number of benzene rings is 1. The lowest BCUT2D eigenvalue weighted by molar-refractivity contribution is 0.434. The van der Waals surface area contributed by atoms with Gasteiger partial charge in [0.25, 0.3) is 0 Å². The van der Waals surface area contributed by atoms with Gasteiger partial charge in [0.15, 0.2) is 0 Å². The minimum atomic E-state index is 0.532. The molecule has 98 valence electrons. The fourth-order valence-corrected chi connectivity index (χ4v) is 2.67. The molecule has 0 amide bonds. The first-order valence-electron chi connectivity index (χ1n) is 7.13. The first-order valence-corrected chi connectivity index (χ1v) is 7.13. The minimum absolute atomic E-state index is 0.532. The lowest BCUT2D eigenvalue weighted by atomic mass is 10.1. The predicted molar refractivity (Wildman–Crippen MR) is 72.9 cm³/mol. The van der Waals surface area contributed by atoms with Crippen molar-refractivity contribution in [2.75, 3.05) is 0 Å². The topological polar surface area (TPSA) is 38.1 Å². The zero-order valence-electron chi connectivity index (χ0n) is 10.9. The number of nitrogens with one attached hydrogen (secondary N) is 1. The molecule has 1 N–H and O–H groups in total. The number of hydrogen-bond acceptors (Lipinski definition) is 3. The molecule has 0 aliphatic heterocycles. The molecule has 3 heteroatoms. The van der Waals surface area contributed by atoms with Crippen LogP contribution in [0.2, 0.25) is 0 Å². The van der Waals surface area contributed by atoms with Crippen molar-refractivity contribution in [3.63, 3.8) is 0 Å². The van der Waals surface area contributed by atoms with E-state index >= 15 is 0 Å². The summed E-state index contributed by atoms with van der Waals surface area (Å²) >= 11 is 0. The van der Waals surface area contributed by atoms with Gasteiger partial charge in [-0.25, -0.2) is 4.98 Å². The minimum Gasteiger partial charge on any atom is -0.444 e. The van der Waals surface area contributed by atoms with Crippen molar-refractivity contribution in [2.45, 2.75) is 43.7 Å². The molecule has 2 fully saturated rings. The van der Waals surface area contributed by atoms with E-state index in [1.54, 1.807) is 0 Å². The molecule has 2 unspecified atom stereocenters. The molecular formula is C16H18N2O. The summed E-state index contributed by atoms with van der Waals surface area (Å²) in [6, 6.07) is 11.4. The Kier molecular flexibility index (Phi) is 2.66. The van der Waals surface area contributed by atoms with Gasteiger partial charge in [0.1, 0.15) is 5.76 Å². The summed E-state index contributed by atoms with van der Waals surface area (Å²) in [6.45, 7) is 0.771. The average molecular weight is 254 g/mol. The Morgan fingerprint density at radius 2 is 2.00 bits per heavy atom. The first kappa shape index (κ1) is 11.2. The van der Waals surface area contributed by atoms with Crippen LogP contribution in [-0.2, 0) is 6.54 Å². The molecule has 2 atom stereocenters. The standard InChI is InChI=1S/C16H18N2O/c1-2-4-11(5-3-1)13-8-14(13)15-9-18-16(19-15)10-17-12-6-7-12/h1-5,9,12-14,17H,6-8,10H2. The molecule has 2 aliphatic carbocycles. The lowest BCUT2D eigenvalue weighted by Crippen LogP contribution is -2.15. The van der Waals surface area contributed by atoms with Gasteiger partial charge in [-0.2, -0.15) is 0 Å². The molecule has 1 heterocycles. The maximum absolute atomic E-state index is 5.86. The summed E-state index contributed by atoms with van der Waals surface area (Å²) in [4.78, 5) is 4.38. The highest BCUT2D eigenvalue weighted by atomic mass is 16.4. The molecule has 0 radical (unpaired) electrons. The zero-order valence-corrected chi connectivity index (χ0v) is 10.9. The Hall–Kier alpha value is -1.61. The number of hydrogen-bond donors (Lipinski definition) is 1. The maximum Gasteiger partial charge on any atom is 0.208 e. The third-order valence-electron chi connectivity index (χ3n) is 4.07. The van der Waals surface area contributed by atoms with Gasteiger partial charge >= 0.3 is 0 Å². The highest BCUT2D eigenvalue weighted by Crippen LogP contribution is 2.54. The zero-order chi connectivity index (χ0) is 12.7. The molecular weight excluding hydrogens is 236 g/mol. The Bertz CT molecular complexity index is 559. The van der Waals surface area contributed by atoms with Crippen LogP contribution < -0.4 is 5.32 Å². The fourth-order valence-electron chi connectivity index (χ4n) is 2.67. The third-order valence-corrected chi connectivity index (χ3v) is 4.07. The molecule has 0 bridgehead atoms. The molecule has 2 aliphatic rings. The van der Waals surface area contributed by atoms with Crippen LogP contribution in [0.5, 0.6) is 0 Å². The second-order valence-electron chi connectivity index (χ2n) is 5.67. The van der Waals surface area contributed by atoms with E-state index in [9.17, 15) is 0 Å².